The number of methoxy groups -OCH3 is 1. The summed E-state index contributed by atoms with van der Waals surface area (Å²) in [4.78, 5) is 36.8. The first kappa shape index (κ1) is 28.7. The van der Waals surface area contributed by atoms with Crippen LogP contribution in [0.15, 0.2) is 65.8 Å². The lowest BCUT2D eigenvalue weighted by Crippen LogP contribution is -2.34. The Bertz CT molecular complexity index is 1780. The van der Waals surface area contributed by atoms with Crippen molar-refractivity contribution >= 4 is 33.5 Å². The van der Waals surface area contributed by atoms with Crippen molar-refractivity contribution in [3.05, 3.63) is 82.8 Å². The van der Waals surface area contributed by atoms with Crippen LogP contribution in [0.2, 0.25) is 0 Å². The van der Waals surface area contributed by atoms with Crippen molar-refractivity contribution in [3.63, 3.8) is 0 Å². The van der Waals surface area contributed by atoms with Gasteiger partial charge in [0.25, 0.3) is 11.5 Å². The van der Waals surface area contributed by atoms with E-state index in [0.29, 0.717) is 52.2 Å². The fourth-order valence-electron chi connectivity index (χ4n) is 4.82. The summed E-state index contributed by atoms with van der Waals surface area (Å²) in [7, 11) is 1.57. The van der Waals surface area contributed by atoms with Crippen LogP contribution in [0.5, 0.6) is 5.75 Å². The van der Waals surface area contributed by atoms with E-state index in [0.717, 1.165) is 25.3 Å². The number of aromatic nitrogens is 5. The lowest BCUT2D eigenvalue weighted by molar-refractivity contribution is 0.0950. The van der Waals surface area contributed by atoms with Gasteiger partial charge in [-0.25, -0.2) is 14.1 Å². The van der Waals surface area contributed by atoms with E-state index in [4.69, 9.17) is 4.74 Å². The van der Waals surface area contributed by atoms with E-state index in [-0.39, 0.29) is 18.0 Å². The van der Waals surface area contributed by atoms with Crippen molar-refractivity contribution in [1.29, 1.82) is 0 Å². The summed E-state index contributed by atoms with van der Waals surface area (Å²) in [6, 6.07) is 10.9. The van der Waals surface area contributed by atoms with Crippen molar-refractivity contribution in [2.45, 2.75) is 20.4 Å². The van der Waals surface area contributed by atoms with Crippen LogP contribution in [0.1, 0.15) is 24.2 Å². The van der Waals surface area contributed by atoms with Gasteiger partial charge in [-0.15, -0.1) is 0 Å². The molecule has 0 atom stereocenters. The van der Waals surface area contributed by atoms with Gasteiger partial charge in [0, 0.05) is 49.5 Å². The van der Waals surface area contributed by atoms with Crippen LogP contribution in [0.4, 0.5) is 10.1 Å². The van der Waals surface area contributed by atoms with E-state index < -0.39 is 5.82 Å². The van der Waals surface area contributed by atoms with Crippen molar-refractivity contribution in [1.82, 2.24) is 34.5 Å². The number of nitrogens with one attached hydrogen (secondary N) is 2. The van der Waals surface area contributed by atoms with Crippen LogP contribution in [0, 0.1) is 5.82 Å². The zero-order valence-corrected chi connectivity index (χ0v) is 23.8. The maximum absolute atomic E-state index is 14.3. The second kappa shape index (κ2) is 12.8. The highest BCUT2D eigenvalue weighted by Gasteiger charge is 2.18. The van der Waals surface area contributed by atoms with Gasteiger partial charge >= 0.3 is 0 Å². The average Bonchev–Trinajstić information content (AvgIpc) is 3.38. The number of hydrogen-bond acceptors (Lipinski definition) is 8. The van der Waals surface area contributed by atoms with E-state index in [2.05, 4.69) is 44.4 Å². The molecule has 12 heteroatoms. The van der Waals surface area contributed by atoms with Crippen LogP contribution >= 0.6 is 0 Å². The monoisotopic (exact) mass is 572 g/mol. The number of amides is 1. The van der Waals surface area contributed by atoms with Gasteiger partial charge in [-0.1, -0.05) is 13.8 Å². The third-order valence-corrected chi connectivity index (χ3v) is 7.15. The van der Waals surface area contributed by atoms with Crippen molar-refractivity contribution in [3.8, 4) is 11.6 Å². The number of hydrogen-bond donors (Lipinski definition) is 2. The van der Waals surface area contributed by atoms with E-state index >= 15 is 0 Å². The number of likely N-dealkylation sites (N-methyl/N-ethyl adjacent to an activating group) is 1. The minimum atomic E-state index is -0.441. The predicted octanol–water partition coefficient (Wildman–Crippen LogP) is 3.46. The molecular formula is C30H33FN8O3. The number of rotatable bonds is 12. The molecule has 5 aromatic rings. The molecular weight excluding hydrogens is 539 g/mol. The molecule has 0 unspecified atom stereocenters. The molecule has 0 spiro atoms. The van der Waals surface area contributed by atoms with Gasteiger partial charge in [-0.05, 0) is 43.4 Å². The number of nitrogens with zero attached hydrogens (tertiary/aromatic N) is 6. The summed E-state index contributed by atoms with van der Waals surface area (Å²) in [6.07, 6.45) is 4.92. The zero-order chi connectivity index (χ0) is 29.6. The Morgan fingerprint density at radius 2 is 1.90 bits per heavy atom. The second-order valence-corrected chi connectivity index (χ2v) is 9.64. The Morgan fingerprint density at radius 1 is 1.07 bits per heavy atom. The topological polar surface area (TPSA) is 119 Å². The van der Waals surface area contributed by atoms with Crippen molar-refractivity contribution < 1.29 is 13.9 Å². The first-order valence-corrected chi connectivity index (χ1v) is 13.8. The highest BCUT2D eigenvalue weighted by atomic mass is 19.1. The van der Waals surface area contributed by atoms with Gasteiger partial charge in [-0.3, -0.25) is 19.1 Å². The van der Waals surface area contributed by atoms with E-state index in [1.165, 1.54) is 22.9 Å². The van der Waals surface area contributed by atoms with E-state index in [1.807, 2.05) is 6.07 Å². The molecule has 42 heavy (non-hydrogen) atoms. The molecule has 0 aliphatic rings. The Hall–Kier alpha value is -4.84. The predicted molar refractivity (Wildman–Crippen MR) is 160 cm³/mol. The summed E-state index contributed by atoms with van der Waals surface area (Å²) in [5, 5.41) is 11.4. The summed E-state index contributed by atoms with van der Waals surface area (Å²) in [5.74, 6) is 0.294. The van der Waals surface area contributed by atoms with Crippen LogP contribution < -0.4 is 20.9 Å². The summed E-state index contributed by atoms with van der Waals surface area (Å²) < 4.78 is 22.5. The summed E-state index contributed by atoms with van der Waals surface area (Å²) in [5.41, 5.74) is 2.70. The first-order chi connectivity index (χ1) is 20.4. The SMILES string of the molecule is CCN(CC)CCNC(=O)c1cn(-c2ccc(=O)n(CCNc3ccnc4cc(OC)cnc34)n2)c2cc(F)ccc12. The smallest absolute Gasteiger partial charge is 0.266 e. The molecule has 4 heterocycles. The number of carbonyl (C=O) groups is 1. The molecule has 0 aliphatic heterocycles. The minimum Gasteiger partial charge on any atom is -0.495 e. The maximum atomic E-state index is 14.3. The molecule has 0 bridgehead atoms. The normalized spacial score (nSPS) is 11.4. The molecule has 0 saturated carbocycles. The van der Waals surface area contributed by atoms with Crippen LogP contribution in [-0.2, 0) is 6.54 Å². The molecule has 0 saturated heterocycles. The van der Waals surface area contributed by atoms with E-state index in [9.17, 15) is 14.0 Å². The molecule has 5 rings (SSSR count). The van der Waals surface area contributed by atoms with Crippen LogP contribution in [0.3, 0.4) is 0 Å². The number of fused-ring (bicyclic) bond motifs is 2. The van der Waals surface area contributed by atoms with Gasteiger partial charge < -0.3 is 20.3 Å². The fourth-order valence-corrected chi connectivity index (χ4v) is 4.82. The average molecular weight is 573 g/mol. The van der Waals surface area contributed by atoms with Crippen molar-refractivity contribution in [2.75, 3.05) is 45.2 Å². The quantitative estimate of drug-likeness (QED) is 0.233. The number of benzene rings is 1. The minimum absolute atomic E-state index is 0.249. The Labute approximate surface area is 241 Å². The lowest BCUT2D eigenvalue weighted by Gasteiger charge is -2.17. The van der Waals surface area contributed by atoms with E-state index in [1.54, 1.807) is 48.5 Å². The highest BCUT2D eigenvalue weighted by Crippen LogP contribution is 2.25. The molecule has 0 fully saturated rings. The number of carbonyl (C=O) groups excluding carboxylic acids is 1. The van der Waals surface area contributed by atoms with Gasteiger partial charge in [-0.2, -0.15) is 5.10 Å². The molecule has 1 amide bonds. The van der Waals surface area contributed by atoms with Crippen LogP contribution in [0.25, 0.3) is 27.8 Å². The van der Waals surface area contributed by atoms with Gasteiger partial charge in [0.05, 0.1) is 42.1 Å². The molecule has 0 radical (unpaired) electrons. The van der Waals surface area contributed by atoms with Crippen molar-refractivity contribution in [2.24, 2.45) is 0 Å². The third-order valence-electron chi connectivity index (χ3n) is 7.15. The van der Waals surface area contributed by atoms with Gasteiger partial charge in [0.2, 0.25) is 0 Å². The molecule has 11 nitrogen and oxygen atoms in total. The largest absolute Gasteiger partial charge is 0.495 e. The molecule has 0 aliphatic carbocycles. The second-order valence-electron chi connectivity index (χ2n) is 9.64. The first-order valence-electron chi connectivity index (χ1n) is 13.8. The Kier molecular flexibility index (Phi) is 8.72. The third kappa shape index (κ3) is 6.08. The standard InChI is InChI=1S/C30H33FN8O3/c1-4-37(5-2)14-12-34-30(41)23-19-38(26-16-20(31)6-7-22(23)26)27-8-9-28(40)39(36-27)15-13-33-24-10-11-32-25-17-21(42-3)18-35-29(24)25/h6-11,16-19H,4-5,12-15H2,1-3H3,(H,32,33)(H,34,41). The zero-order valence-electron chi connectivity index (χ0n) is 23.8. The van der Waals surface area contributed by atoms with Gasteiger partial charge in [0.15, 0.2) is 5.82 Å². The molecule has 1 aromatic carbocycles. The number of anilines is 1. The molecule has 2 N–H and O–H groups in total. The number of halogens is 1. The van der Waals surface area contributed by atoms with Gasteiger partial charge in [0.1, 0.15) is 17.1 Å². The molecule has 4 aromatic heterocycles. The lowest BCUT2D eigenvalue weighted by atomic mass is 10.1. The Balaban J connectivity index is 1.37. The number of ether oxygens (including phenoxy) is 1. The molecule has 218 valence electrons. The number of pyridine rings is 2. The highest BCUT2D eigenvalue weighted by molar-refractivity contribution is 6.07. The Morgan fingerprint density at radius 3 is 2.69 bits per heavy atom. The fraction of sp³-hybridized carbons (Fsp3) is 0.300. The summed E-state index contributed by atoms with van der Waals surface area (Å²) >= 11 is 0. The maximum Gasteiger partial charge on any atom is 0.266 e. The summed E-state index contributed by atoms with van der Waals surface area (Å²) in [6.45, 7) is 7.79. The van der Waals surface area contributed by atoms with Crippen LogP contribution in [-0.4, -0.2) is 75.0 Å².